The van der Waals surface area contributed by atoms with E-state index in [0.717, 1.165) is 5.56 Å². The van der Waals surface area contributed by atoms with E-state index in [1.807, 2.05) is 55.5 Å². The van der Waals surface area contributed by atoms with E-state index in [-0.39, 0.29) is 30.7 Å². The molecule has 190 valence electrons. The number of ether oxygens (including phenoxy) is 1. The Kier molecular flexibility index (Phi) is 8.05. The van der Waals surface area contributed by atoms with Gasteiger partial charge in [0.25, 0.3) is 0 Å². The average Bonchev–Trinajstić information content (AvgIpc) is 3.30. The Bertz CT molecular complexity index is 1400. The molecule has 4 rings (SSSR count). The van der Waals surface area contributed by atoms with Crippen LogP contribution < -0.4 is 10.2 Å². The molecule has 0 aliphatic rings. The Morgan fingerprint density at radius 3 is 2.38 bits per heavy atom. The molecule has 4 aromatic rings. The summed E-state index contributed by atoms with van der Waals surface area (Å²) in [6.07, 6.45) is 0. The molecule has 1 N–H and O–H groups in total. The van der Waals surface area contributed by atoms with E-state index in [4.69, 9.17) is 4.74 Å². The number of para-hydroxylation sites is 1. The molecule has 3 aromatic carbocycles. The lowest BCUT2D eigenvalue weighted by Crippen LogP contribution is -2.46. The molecule has 1 aromatic heterocycles. The van der Waals surface area contributed by atoms with E-state index >= 15 is 0 Å². The van der Waals surface area contributed by atoms with Gasteiger partial charge in [-0.2, -0.15) is 0 Å². The molecule has 0 fully saturated rings. The number of hydrogen-bond acceptors (Lipinski definition) is 6. The number of nitrogens with zero attached hydrogens (tertiary/aromatic N) is 4. The maximum Gasteiger partial charge on any atom is 0.249 e. The molecule has 0 radical (unpaired) electrons. The number of carbonyl (C=O) groups is 3. The van der Waals surface area contributed by atoms with Crippen LogP contribution in [0.5, 0.6) is 0 Å². The fourth-order valence-electron chi connectivity index (χ4n) is 4.07. The van der Waals surface area contributed by atoms with Gasteiger partial charge in [0.1, 0.15) is 18.1 Å². The van der Waals surface area contributed by atoms with Gasteiger partial charge >= 0.3 is 0 Å². The van der Waals surface area contributed by atoms with Crippen LogP contribution in [0.3, 0.4) is 0 Å². The molecule has 1 heterocycles. The van der Waals surface area contributed by atoms with E-state index in [9.17, 15) is 14.4 Å². The number of nitrogens with one attached hydrogen (secondary N) is 1. The molecule has 1 atom stereocenters. The number of benzene rings is 3. The fraction of sp³-hybridized carbons (Fsp3) is 0.250. The Morgan fingerprint density at radius 2 is 1.70 bits per heavy atom. The predicted octanol–water partition coefficient (Wildman–Crippen LogP) is 3.48. The van der Waals surface area contributed by atoms with Crippen LogP contribution in [0.4, 0.5) is 5.69 Å². The van der Waals surface area contributed by atoms with Crippen LogP contribution in [0.2, 0.25) is 0 Å². The minimum absolute atomic E-state index is 0.0918. The number of aryl methyl sites for hydroxylation is 1. The Labute approximate surface area is 215 Å². The van der Waals surface area contributed by atoms with Gasteiger partial charge in [0, 0.05) is 24.9 Å². The highest BCUT2D eigenvalue weighted by molar-refractivity contribution is 6.02. The SMILES string of the molecule is COCCNC(=O)C(c1ccc(C)cc1)N(C(=O)Cn1nnc2ccccc21)c1ccc(C(C)=O)cc1. The lowest BCUT2D eigenvalue weighted by Gasteiger charge is -2.31. The molecule has 0 saturated heterocycles. The average molecular weight is 500 g/mol. The van der Waals surface area contributed by atoms with Crippen molar-refractivity contribution in [2.24, 2.45) is 0 Å². The van der Waals surface area contributed by atoms with Crippen LogP contribution >= 0.6 is 0 Å². The molecule has 0 spiro atoms. The topological polar surface area (TPSA) is 106 Å². The third-order valence-corrected chi connectivity index (χ3v) is 6.03. The van der Waals surface area contributed by atoms with Gasteiger partial charge in [-0.05, 0) is 55.8 Å². The lowest BCUT2D eigenvalue weighted by molar-refractivity contribution is -0.127. The summed E-state index contributed by atoms with van der Waals surface area (Å²) in [5, 5.41) is 11.2. The van der Waals surface area contributed by atoms with Crippen LogP contribution in [-0.2, 0) is 20.9 Å². The normalized spacial score (nSPS) is 11.8. The Hall–Kier alpha value is -4.37. The number of fused-ring (bicyclic) bond motifs is 1. The van der Waals surface area contributed by atoms with Crippen LogP contribution in [0.1, 0.15) is 34.5 Å². The zero-order chi connectivity index (χ0) is 26.4. The van der Waals surface area contributed by atoms with Gasteiger partial charge in [0.15, 0.2) is 5.78 Å². The molecule has 0 bridgehead atoms. The highest BCUT2D eigenvalue weighted by Gasteiger charge is 2.33. The second-order valence-electron chi connectivity index (χ2n) is 8.70. The van der Waals surface area contributed by atoms with Crippen molar-refractivity contribution in [1.82, 2.24) is 20.3 Å². The van der Waals surface area contributed by atoms with Crippen molar-refractivity contribution >= 4 is 34.3 Å². The van der Waals surface area contributed by atoms with Gasteiger partial charge in [-0.1, -0.05) is 47.2 Å². The molecule has 9 nitrogen and oxygen atoms in total. The van der Waals surface area contributed by atoms with Crippen molar-refractivity contribution in [3.8, 4) is 0 Å². The number of hydrogen-bond donors (Lipinski definition) is 1. The second-order valence-corrected chi connectivity index (χ2v) is 8.70. The summed E-state index contributed by atoms with van der Waals surface area (Å²) in [5.74, 6) is -0.807. The lowest BCUT2D eigenvalue weighted by atomic mass is 10.0. The van der Waals surface area contributed by atoms with E-state index in [2.05, 4.69) is 15.6 Å². The van der Waals surface area contributed by atoms with E-state index in [1.165, 1.54) is 16.5 Å². The highest BCUT2D eigenvalue weighted by Crippen LogP contribution is 2.29. The summed E-state index contributed by atoms with van der Waals surface area (Å²) in [5.41, 5.74) is 4.04. The van der Waals surface area contributed by atoms with Crippen LogP contribution in [0.25, 0.3) is 11.0 Å². The molecule has 2 amide bonds. The summed E-state index contributed by atoms with van der Waals surface area (Å²) in [6, 6.07) is 20.5. The van der Waals surface area contributed by atoms with Crippen molar-refractivity contribution in [2.45, 2.75) is 26.4 Å². The standard InChI is InChI=1S/C28H29N5O4/c1-19-8-10-22(11-9-19)27(28(36)29-16-17-37-3)33(23-14-12-21(13-15-23)20(2)34)26(35)18-32-25-7-5-4-6-24(25)30-31-32/h4-15,27H,16-18H2,1-3H3,(H,29,36). The molecule has 0 aliphatic heterocycles. The first-order valence-electron chi connectivity index (χ1n) is 11.9. The number of amides is 2. The quantitative estimate of drug-likeness (QED) is 0.265. The minimum Gasteiger partial charge on any atom is -0.383 e. The smallest absolute Gasteiger partial charge is 0.249 e. The number of aromatic nitrogens is 3. The van der Waals surface area contributed by atoms with Crippen molar-refractivity contribution < 1.29 is 19.1 Å². The maximum atomic E-state index is 14.0. The minimum atomic E-state index is -0.970. The van der Waals surface area contributed by atoms with Gasteiger partial charge in [-0.3, -0.25) is 19.3 Å². The third kappa shape index (κ3) is 5.90. The maximum absolute atomic E-state index is 14.0. The number of Topliss-reactive ketones (excluding diaryl/α,β-unsaturated/α-hetero) is 1. The molecule has 0 saturated carbocycles. The molecule has 1 unspecified atom stereocenters. The van der Waals surface area contributed by atoms with Gasteiger partial charge in [0.05, 0.1) is 12.1 Å². The van der Waals surface area contributed by atoms with Gasteiger partial charge < -0.3 is 10.1 Å². The third-order valence-electron chi connectivity index (χ3n) is 6.03. The van der Waals surface area contributed by atoms with E-state index in [0.29, 0.717) is 34.5 Å². The number of rotatable bonds is 10. The zero-order valence-electron chi connectivity index (χ0n) is 21.0. The molecular weight excluding hydrogens is 470 g/mol. The van der Waals surface area contributed by atoms with Crippen molar-refractivity contribution in [2.75, 3.05) is 25.2 Å². The van der Waals surface area contributed by atoms with Gasteiger partial charge in [0.2, 0.25) is 11.8 Å². The van der Waals surface area contributed by atoms with Crippen molar-refractivity contribution in [1.29, 1.82) is 0 Å². The first-order chi connectivity index (χ1) is 17.9. The van der Waals surface area contributed by atoms with Crippen LogP contribution in [-0.4, -0.2) is 52.9 Å². The zero-order valence-corrected chi connectivity index (χ0v) is 21.0. The number of anilines is 1. The number of carbonyl (C=O) groups excluding carboxylic acids is 3. The molecule has 37 heavy (non-hydrogen) atoms. The summed E-state index contributed by atoms with van der Waals surface area (Å²) in [6.45, 7) is 3.92. The monoisotopic (exact) mass is 499 g/mol. The summed E-state index contributed by atoms with van der Waals surface area (Å²) in [4.78, 5) is 40.8. The predicted molar refractivity (Wildman–Crippen MR) is 140 cm³/mol. The molecular formula is C28H29N5O4. The largest absolute Gasteiger partial charge is 0.383 e. The van der Waals surface area contributed by atoms with Crippen molar-refractivity contribution in [3.63, 3.8) is 0 Å². The van der Waals surface area contributed by atoms with Gasteiger partial charge in [-0.25, -0.2) is 4.68 Å². The number of ketones is 1. The first-order valence-corrected chi connectivity index (χ1v) is 11.9. The fourth-order valence-corrected chi connectivity index (χ4v) is 4.07. The molecule has 0 aliphatic carbocycles. The molecule has 9 heteroatoms. The highest BCUT2D eigenvalue weighted by atomic mass is 16.5. The van der Waals surface area contributed by atoms with Gasteiger partial charge in [-0.15, -0.1) is 5.10 Å². The first kappa shape index (κ1) is 25.7. The Morgan fingerprint density at radius 1 is 1.00 bits per heavy atom. The summed E-state index contributed by atoms with van der Waals surface area (Å²) >= 11 is 0. The van der Waals surface area contributed by atoms with E-state index < -0.39 is 6.04 Å². The summed E-state index contributed by atoms with van der Waals surface area (Å²) in [7, 11) is 1.55. The Balaban J connectivity index is 1.78. The van der Waals surface area contributed by atoms with Crippen molar-refractivity contribution in [3.05, 3.63) is 89.5 Å². The van der Waals surface area contributed by atoms with Crippen LogP contribution in [0.15, 0.2) is 72.8 Å². The summed E-state index contributed by atoms with van der Waals surface area (Å²) < 4.78 is 6.60. The van der Waals surface area contributed by atoms with E-state index in [1.54, 1.807) is 31.4 Å². The second kappa shape index (κ2) is 11.6. The van der Waals surface area contributed by atoms with Crippen LogP contribution in [0, 0.1) is 6.92 Å². The number of methoxy groups -OCH3 is 1.